The van der Waals surface area contributed by atoms with Crippen LogP contribution in [0.1, 0.15) is 17.4 Å². The van der Waals surface area contributed by atoms with Crippen molar-refractivity contribution >= 4 is 16.1 Å². The lowest BCUT2D eigenvalue weighted by molar-refractivity contribution is 0.199. The van der Waals surface area contributed by atoms with Crippen LogP contribution in [0, 0.1) is 20.8 Å². The number of halogens is 2. The standard InChI is InChI=1S/C27H24N4O3S.CF2O/c1-17-16-31(18(2)29-17)25-11-10-21(20-7-5-9-23(13-20)35(4,32)33)14-24(25)26-27(34-19(3)30-26)22-8-6-12-28-15-22;2-1(3)4/h5-16H,1-4H3;. The number of benzene rings is 2. The summed E-state index contributed by atoms with van der Waals surface area (Å²) in [5.41, 5.74) is 5.79. The van der Waals surface area contributed by atoms with Crippen LogP contribution in [0.2, 0.25) is 0 Å². The molecule has 3 heterocycles. The Balaban J connectivity index is 0.000000826. The Morgan fingerprint density at radius 3 is 2.23 bits per heavy atom. The van der Waals surface area contributed by atoms with Gasteiger partial charge in [-0.1, -0.05) is 18.2 Å². The van der Waals surface area contributed by atoms with Gasteiger partial charge in [-0.05, 0) is 61.4 Å². The van der Waals surface area contributed by atoms with E-state index in [9.17, 15) is 17.2 Å². The van der Waals surface area contributed by atoms with E-state index in [1.54, 1.807) is 30.6 Å². The number of aromatic nitrogens is 4. The number of nitrogens with zero attached hydrogens (tertiary/aromatic N) is 4. The summed E-state index contributed by atoms with van der Waals surface area (Å²) in [5.74, 6) is 2.00. The molecule has 39 heavy (non-hydrogen) atoms. The molecule has 3 aromatic heterocycles. The van der Waals surface area contributed by atoms with Gasteiger partial charge in [0.15, 0.2) is 21.5 Å². The summed E-state index contributed by atoms with van der Waals surface area (Å²) in [6.07, 6.45) is 3.82. The van der Waals surface area contributed by atoms with Crippen LogP contribution < -0.4 is 0 Å². The maximum absolute atomic E-state index is 12.1. The van der Waals surface area contributed by atoms with Crippen molar-refractivity contribution in [2.45, 2.75) is 25.7 Å². The van der Waals surface area contributed by atoms with Gasteiger partial charge in [-0.25, -0.2) is 23.2 Å². The van der Waals surface area contributed by atoms with Gasteiger partial charge in [-0.3, -0.25) is 4.98 Å². The largest absolute Gasteiger partial charge is 0.483 e. The van der Waals surface area contributed by atoms with Gasteiger partial charge in [0.1, 0.15) is 11.5 Å². The van der Waals surface area contributed by atoms with E-state index in [1.165, 1.54) is 6.26 Å². The molecule has 0 amide bonds. The fraction of sp³-hybridized carbons (Fsp3) is 0.143. The second kappa shape index (κ2) is 11.1. The molecule has 0 aliphatic rings. The van der Waals surface area contributed by atoms with Crippen molar-refractivity contribution in [1.82, 2.24) is 19.5 Å². The fourth-order valence-corrected chi connectivity index (χ4v) is 4.85. The third kappa shape index (κ3) is 6.32. The van der Waals surface area contributed by atoms with Crippen LogP contribution in [-0.4, -0.2) is 40.5 Å². The zero-order valence-corrected chi connectivity index (χ0v) is 22.3. The first-order valence-corrected chi connectivity index (χ1v) is 13.5. The summed E-state index contributed by atoms with van der Waals surface area (Å²) in [4.78, 5) is 21.9. The van der Waals surface area contributed by atoms with E-state index in [2.05, 4.69) is 9.97 Å². The minimum Gasteiger partial charge on any atom is -0.440 e. The molecule has 5 rings (SSSR count). The number of hydrogen-bond acceptors (Lipinski definition) is 7. The lowest BCUT2D eigenvalue weighted by Crippen LogP contribution is -2.00. The molecule has 2 aromatic carbocycles. The number of carbonyl (C=O) groups is 1. The number of imidazole rings is 1. The molecular formula is C28H24F2N4O4S. The number of sulfone groups is 1. The maximum Gasteiger partial charge on any atom is 0.483 e. The van der Waals surface area contributed by atoms with Gasteiger partial charge < -0.3 is 8.98 Å². The van der Waals surface area contributed by atoms with Crippen LogP contribution in [0.3, 0.4) is 0 Å². The second-order valence-electron chi connectivity index (χ2n) is 8.71. The number of carbonyl (C=O) groups excluding carboxylic acids is 1. The highest BCUT2D eigenvalue weighted by Crippen LogP contribution is 2.38. The van der Waals surface area contributed by atoms with Crippen LogP contribution >= 0.6 is 0 Å². The molecule has 0 saturated heterocycles. The van der Waals surface area contributed by atoms with E-state index in [4.69, 9.17) is 14.2 Å². The topological polar surface area (TPSA) is 108 Å². The Hall–Kier alpha value is -4.51. The molecule has 0 N–H and O–H groups in total. The van der Waals surface area contributed by atoms with Crippen molar-refractivity contribution in [3.05, 3.63) is 90.6 Å². The predicted octanol–water partition coefficient (Wildman–Crippen LogP) is 6.63. The smallest absolute Gasteiger partial charge is 0.440 e. The maximum atomic E-state index is 12.1. The third-order valence-corrected chi connectivity index (χ3v) is 6.88. The van der Waals surface area contributed by atoms with Gasteiger partial charge in [0, 0.05) is 42.9 Å². The zero-order valence-electron chi connectivity index (χ0n) is 21.5. The quantitative estimate of drug-likeness (QED) is 0.226. The average Bonchev–Trinajstić information content (AvgIpc) is 3.44. The summed E-state index contributed by atoms with van der Waals surface area (Å²) in [7, 11) is -3.34. The van der Waals surface area contributed by atoms with Crippen LogP contribution in [0.5, 0.6) is 0 Å². The van der Waals surface area contributed by atoms with Gasteiger partial charge in [0.25, 0.3) is 0 Å². The molecule has 0 radical (unpaired) electrons. The summed E-state index contributed by atoms with van der Waals surface area (Å²) in [5, 5.41) is 0. The third-order valence-electron chi connectivity index (χ3n) is 5.77. The molecule has 0 bridgehead atoms. The molecule has 0 aliphatic heterocycles. The number of aryl methyl sites for hydroxylation is 3. The molecule has 0 spiro atoms. The molecule has 11 heteroatoms. The van der Waals surface area contributed by atoms with Crippen molar-refractivity contribution < 1.29 is 26.4 Å². The van der Waals surface area contributed by atoms with E-state index in [1.807, 2.05) is 67.9 Å². The van der Waals surface area contributed by atoms with E-state index in [0.717, 1.165) is 39.5 Å². The van der Waals surface area contributed by atoms with Gasteiger partial charge >= 0.3 is 6.29 Å². The first-order chi connectivity index (χ1) is 18.4. The number of oxazole rings is 1. The van der Waals surface area contributed by atoms with E-state index < -0.39 is 16.1 Å². The second-order valence-corrected chi connectivity index (χ2v) is 10.7. The number of hydrogen-bond donors (Lipinski definition) is 0. The van der Waals surface area contributed by atoms with Crippen LogP contribution in [0.4, 0.5) is 13.6 Å². The molecule has 0 aliphatic carbocycles. The highest BCUT2D eigenvalue weighted by Gasteiger charge is 2.21. The van der Waals surface area contributed by atoms with Crippen LogP contribution in [-0.2, 0) is 9.84 Å². The van der Waals surface area contributed by atoms with Crippen LogP contribution in [0.25, 0.3) is 39.4 Å². The Morgan fingerprint density at radius 2 is 1.62 bits per heavy atom. The Morgan fingerprint density at radius 1 is 0.923 bits per heavy atom. The SMILES string of the molecule is Cc1cn(-c2ccc(-c3cccc(S(C)(=O)=O)c3)cc2-c2nc(C)oc2-c2cccnc2)c(C)n1.O=C(F)F. The highest BCUT2D eigenvalue weighted by atomic mass is 32.2. The Bertz CT molecular complexity index is 1760. The van der Waals surface area contributed by atoms with Crippen LogP contribution in [0.15, 0.2) is 82.5 Å². The molecule has 0 saturated carbocycles. The van der Waals surface area contributed by atoms with E-state index in [-0.39, 0.29) is 4.90 Å². The van der Waals surface area contributed by atoms with Gasteiger partial charge in [-0.2, -0.15) is 0 Å². The monoisotopic (exact) mass is 550 g/mol. The molecule has 0 atom stereocenters. The van der Waals surface area contributed by atoms with Crippen molar-refractivity contribution in [1.29, 1.82) is 0 Å². The molecule has 8 nitrogen and oxygen atoms in total. The van der Waals surface area contributed by atoms with Gasteiger partial charge in [0.05, 0.1) is 16.3 Å². The van der Waals surface area contributed by atoms with Gasteiger partial charge in [-0.15, -0.1) is 8.78 Å². The first kappa shape index (κ1) is 27.5. The highest BCUT2D eigenvalue weighted by molar-refractivity contribution is 7.90. The summed E-state index contributed by atoms with van der Waals surface area (Å²) >= 11 is 0. The minimum atomic E-state index is -3.34. The van der Waals surface area contributed by atoms with Crippen molar-refractivity contribution in [3.8, 4) is 39.4 Å². The van der Waals surface area contributed by atoms with Crippen molar-refractivity contribution in [2.24, 2.45) is 0 Å². The number of rotatable bonds is 5. The van der Waals surface area contributed by atoms with E-state index >= 15 is 0 Å². The molecule has 0 fully saturated rings. The zero-order chi connectivity index (χ0) is 28.3. The summed E-state index contributed by atoms with van der Waals surface area (Å²) < 4.78 is 51.7. The summed E-state index contributed by atoms with van der Waals surface area (Å²) in [6, 6.07) is 16.7. The predicted molar refractivity (Wildman–Crippen MR) is 143 cm³/mol. The normalized spacial score (nSPS) is 11.1. The van der Waals surface area contributed by atoms with Crippen molar-refractivity contribution in [3.63, 3.8) is 0 Å². The molecule has 0 unspecified atom stereocenters. The Kier molecular flexibility index (Phi) is 7.82. The van der Waals surface area contributed by atoms with Crippen molar-refractivity contribution in [2.75, 3.05) is 6.26 Å². The van der Waals surface area contributed by atoms with E-state index in [0.29, 0.717) is 17.3 Å². The lowest BCUT2D eigenvalue weighted by atomic mass is 9.98. The fourth-order valence-electron chi connectivity index (χ4n) is 4.19. The molecular weight excluding hydrogens is 526 g/mol. The summed E-state index contributed by atoms with van der Waals surface area (Å²) in [6.45, 7) is 5.72. The lowest BCUT2D eigenvalue weighted by Gasteiger charge is -2.14. The minimum absolute atomic E-state index is 0.273. The first-order valence-electron chi connectivity index (χ1n) is 11.6. The number of pyridine rings is 1. The average molecular weight is 551 g/mol. The Labute approximate surface area is 223 Å². The molecule has 5 aromatic rings. The molecule has 200 valence electrons. The van der Waals surface area contributed by atoms with Gasteiger partial charge in [0.2, 0.25) is 0 Å².